The van der Waals surface area contributed by atoms with E-state index in [0.717, 1.165) is 10.9 Å². The highest BCUT2D eigenvalue weighted by Crippen LogP contribution is 2.36. The van der Waals surface area contributed by atoms with Gasteiger partial charge in [0.25, 0.3) is 0 Å². The molecule has 1 aliphatic rings. The second kappa shape index (κ2) is 11.9. The number of allylic oxidation sites excluding steroid dienone is 2. The summed E-state index contributed by atoms with van der Waals surface area (Å²) >= 11 is 5.08. The van der Waals surface area contributed by atoms with Crippen LogP contribution < -0.4 is 0 Å². The highest BCUT2D eigenvalue weighted by Gasteiger charge is 2.39. The molecule has 0 spiro atoms. The summed E-state index contributed by atoms with van der Waals surface area (Å²) in [5.74, 6) is -1.08. The molecule has 1 aromatic heterocycles. The molecule has 1 fully saturated rings. The van der Waals surface area contributed by atoms with E-state index in [2.05, 4.69) is 22.0 Å². The van der Waals surface area contributed by atoms with E-state index in [0.29, 0.717) is 32.1 Å². The number of aliphatic hydroxyl groups excluding tert-OH is 3. The van der Waals surface area contributed by atoms with E-state index in [1.54, 1.807) is 17.4 Å². The first-order chi connectivity index (χ1) is 13.4. The van der Waals surface area contributed by atoms with Crippen LogP contribution in [0.1, 0.15) is 43.4 Å². The number of halogens is 1. The second-order valence-corrected chi connectivity index (χ2v) is 9.24. The van der Waals surface area contributed by atoms with E-state index >= 15 is 0 Å². The molecule has 2 rings (SSSR count). The molecule has 0 saturated heterocycles. The van der Waals surface area contributed by atoms with Gasteiger partial charge in [-0.3, -0.25) is 4.79 Å². The van der Waals surface area contributed by atoms with Crippen molar-refractivity contribution in [3.8, 4) is 0 Å². The number of carboxylic acids is 1. The van der Waals surface area contributed by atoms with Crippen LogP contribution in [0.2, 0.25) is 0 Å². The molecule has 4 N–H and O–H groups in total. The zero-order valence-corrected chi connectivity index (χ0v) is 18.2. The van der Waals surface area contributed by atoms with Gasteiger partial charge in [0.1, 0.15) is 0 Å². The Labute approximate surface area is 178 Å². The Morgan fingerprint density at radius 2 is 2.11 bits per heavy atom. The van der Waals surface area contributed by atoms with Crippen molar-refractivity contribution in [3.05, 3.63) is 45.1 Å². The number of aryl methyl sites for hydroxylation is 1. The average Bonchev–Trinajstić information content (AvgIpc) is 3.16. The Bertz CT molecular complexity index is 672. The molecular weight excluding hydrogens is 444 g/mol. The molecule has 3 unspecified atom stereocenters. The fourth-order valence-electron chi connectivity index (χ4n) is 3.58. The summed E-state index contributed by atoms with van der Waals surface area (Å²) in [6, 6.07) is 2.05. The predicted molar refractivity (Wildman–Crippen MR) is 114 cm³/mol. The zero-order valence-electron chi connectivity index (χ0n) is 15.8. The number of carboxylic acid groups (broad SMARTS) is 1. The maximum absolute atomic E-state index is 10.5. The summed E-state index contributed by atoms with van der Waals surface area (Å²) in [4.78, 5) is 11.7. The fourth-order valence-corrected chi connectivity index (χ4v) is 5.05. The van der Waals surface area contributed by atoms with Crippen molar-refractivity contribution in [2.75, 3.05) is 0 Å². The number of aliphatic hydroxyl groups is 3. The molecule has 0 bridgehead atoms. The molecule has 1 heterocycles. The lowest BCUT2D eigenvalue weighted by atomic mass is 9.89. The summed E-state index contributed by atoms with van der Waals surface area (Å²) in [7, 11) is 0. The number of rotatable bonds is 11. The fraction of sp³-hybridized carbons (Fsp3) is 0.571. The number of hydrogen-bond donors (Lipinski definition) is 4. The van der Waals surface area contributed by atoms with Gasteiger partial charge in [0.2, 0.25) is 0 Å². The third-order valence-corrected chi connectivity index (χ3v) is 6.87. The molecule has 156 valence electrons. The Kier molecular flexibility index (Phi) is 9.88. The third kappa shape index (κ3) is 7.79. The Hall–Kier alpha value is -0.990. The lowest BCUT2D eigenvalue weighted by Gasteiger charge is -2.19. The molecule has 0 aromatic carbocycles. The van der Waals surface area contributed by atoms with Crippen LogP contribution in [0, 0.1) is 11.8 Å². The van der Waals surface area contributed by atoms with Crippen molar-refractivity contribution in [2.45, 2.75) is 63.3 Å². The topological polar surface area (TPSA) is 98.0 Å². The van der Waals surface area contributed by atoms with Crippen LogP contribution in [0.4, 0.5) is 0 Å². The first-order valence-electron chi connectivity index (χ1n) is 9.69. The summed E-state index contributed by atoms with van der Waals surface area (Å²) in [5, 5.41) is 41.4. The zero-order chi connectivity index (χ0) is 20.5. The molecule has 0 radical (unpaired) electrons. The van der Waals surface area contributed by atoms with Crippen molar-refractivity contribution < 1.29 is 25.2 Å². The SMILES string of the molecule is O=C(O)CCC/C=C\C[C@H]1C(O)CC(O)[C@@H]1/C=C/C(O)CCc1cc(Br)cs1. The van der Waals surface area contributed by atoms with Crippen molar-refractivity contribution in [1.82, 2.24) is 0 Å². The van der Waals surface area contributed by atoms with Gasteiger partial charge in [0, 0.05) is 33.5 Å². The minimum atomic E-state index is -0.793. The Morgan fingerprint density at radius 1 is 1.32 bits per heavy atom. The van der Waals surface area contributed by atoms with Crippen molar-refractivity contribution in [3.63, 3.8) is 0 Å². The number of unbranched alkanes of at least 4 members (excludes halogenated alkanes) is 1. The van der Waals surface area contributed by atoms with Gasteiger partial charge in [-0.05, 0) is 60.0 Å². The summed E-state index contributed by atoms with van der Waals surface area (Å²) in [6.07, 6.45) is 9.51. The quantitative estimate of drug-likeness (QED) is 0.289. The van der Waals surface area contributed by atoms with Gasteiger partial charge < -0.3 is 20.4 Å². The number of aliphatic carboxylic acids is 1. The molecule has 28 heavy (non-hydrogen) atoms. The molecule has 5 atom stereocenters. The van der Waals surface area contributed by atoms with Crippen LogP contribution in [0.15, 0.2) is 40.2 Å². The lowest BCUT2D eigenvalue weighted by Crippen LogP contribution is -2.20. The Morgan fingerprint density at radius 3 is 2.79 bits per heavy atom. The maximum Gasteiger partial charge on any atom is 0.303 e. The molecule has 0 aliphatic heterocycles. The molecule has 5 nitrogen and oxygen atoms in total. The van der Waals surface area contributed by atoms with Crippen LogP contribution in [0.25, 0.3) is 0 Å². The van der Waals surface area contributed by atoms with Crippen LogP contribution >= 0.6 is 27.3 Å². The molecule has 1 aliphatic carbocycles. The monoisotopic (exact) mass is 472 g/mol. The molecule has 0 amide bonds. The van der Waals surface area contributed by atoms with E-state index in [1.807, 2.05) is 23.6 Å². The lowest BCUT2D eigenvalue weighted by molar-refractivity contribution is -0.137. The van der Waals surface area contributed by atoms with Crippen LogP contribution in [-0.2, 0) is 11.2 Å². The molecule has 7 heteroatoms. The van der Waals surface area contributed by atoms with Crippen LogP contribution in [-0.4, -0.2) is 44.7 Å². The van der Waals surface area contributed by atoms with E-state index in [-0.39, 0.29) is 18.3 Å². The van der Waals surface area contributed by atoms with Gasteiger partial charge in [0.05, 0.1) is 18.3 Å². The standard InChI is InChI=1S/C21H29BrO5S/c22-14-11-16(28-13-14)9-7-15(23)8-10-18-17(19(24)12-20(18)25)5-3-1-2-4-6-21(26)27/h1,3,8,10-11,13,15,17-20,23-25H,2,4-7,9,12H2,(H,26,27)/b3-1-,10-8+/t15?,17-,18-,19?,20?/m1/s1. The van der Waals surface area contributed by atoms with Crippen LogP contribution in [0.3, 0.4) is 0 Å². The van der Waals surface area contributed by atoms with Crippen molar-refractivity contribution in [1.29, 1.82) is 0 Å². The molecular formula is C21H29BrO5S. The highest BCUT2D eigenvalue weighted by molar-refractivity contribution is 9.10. The highest BCUT2D eigenvalue weighted by atomic mass is 79.9. The normalized spacial score (nSPS) is 26.4. The van der Waals surface area contributed by atoms with E-state index in [9.17, 15) is 20.1 Å². The van der Waals surface area contributed by atoms with Crippen molar-refractivity contribution >= 4 is 33.2 Å². The van der Waals surface area contributed by atoms with Gasteiger partial charge in [-0.25, -0.2) is 0 Å². The van der Waals surface area contributed by atoms with Gasteiger partial charge in [-0.2, -0.15) is 0 Å². The van der Waals surface area contributed by atoms with Crippen LogP contribution in [0.5, 0.6) is 0 Å². The minimum absolute atomic E-state index is 0.0950. The van der Waals surface area contributed by atoms with Gasteiger partial charge >= 0.3 is 5.97 Å². The minimum Gasteiger partial charge on any atom is -0.481 e. The van der Waals surface area contributed by atoms with Gasteiger partial charge in [0.15, 0.2) is 0 Å². The summed E-state index contributed by atoms with van der Waals surface area (Å²) in [5.41, 5.74) is 0. The third-order valence-electron chi connectivity index (χ3n) is 5.12. The average molecular weight is 473 g/mol. The number of thiophene rings is 1. The van der Waals surface area contributed by atoms with Crippen molar-refractivity contribution in [2.24, 2.45) is 11.8 Å². The maximum atomic E-state index is 10.5. The van der Waals surface area contributed by atoms with E-state index < -0.39 is 24.3 Å². The predicted octanol–water partition coefficient (Wildman–Crippen LogP) is 3.92. The first kappa shape index (κ1) is 23.3. The largest absolute Gasteiger partial charge is 0.481 e. The first-order valence-corrected chi connectivity index (χ1v) is 11.4. The van der Waals surface area contributed by atoms with E-state index in [4.69, 9.17) is 5.11 Å². The second-order valence-electron chi connectivity index (χ2n) is 7.33. The van der Waals surface area contributed by atoms with Gasteiger partial charge in [-0.15, -0.1) is 11.3 Å². The Balaban J connectivity index is 1.81. The molecule has 1 saturated carbocycles. The smallest absolute Gasteiger partial charge is 0.303 e. The summed E-state index contributed by atoms with van der Waals surface area (Å²) < 4.78 is 1.06. The van der Waals surface area contributed by atoms with E-state index in [1.165, 1.54) is 4.88 Å². The van der Waals surface area contributed by atoms with Gasteiger partial charge in [-0.1, -0.05) is 24.3 Å². The molecule has 1 aromatic rings. The number of hydrogen-bond acceptors (Lipinski definition) is 5. The summed E-state index contributed by atoms with van der Waals surface area (Å²) in [6.45, 7) is 0. The number of carbonyl (C=O) groups is 1.